The van der Waals surface area contributed by atoms with Crippen molar-refractivity contribution >= 4 is 5.78 Å². The van der Waals surface area contributed by atoms with Gasteiger partial charge in [0.1, 0.15) is 6.17 Å². The predicted molar refractivity (Wildman–Crippen MR) is 83.8 cm³/mol. The molecule has 3 rings (SSSR count). The first-order valence-electron chi connectivity index (χ1n) is 7.53. The lowest BCUT2D eigenvalue weighted by molar-refractivity contribution is 0.0993. The van der Waals surface area contributed by atoms with Gasteiger partial charge in [0.2, 0.25) is 0 Å². The van der Waals surface area contributed by atoms with Crippen LogP contribution in [0.5, 0.6) is 0 Å². The van der Waals surface area contributed by atoms with Crippen molar-refractivity contribution in [2.45, 2.75) is 32.0 Å². The molecule has 1 fully saturated rings. The lowest BCUT2D eigenvalue weighted by atomic mass is 9.95. The molecular formula is C18H19FN2O. The summed E-state index contributed by atoms with van der Waals surface area (Å²) in [7, 11) is 0. The molecule has 1 aromatic carbocycles. The summed E-state index contributed by atoms with van der Waals surface area (Å²) in [5, 5.41) is 3.08. The van der Waals surface area contributed by atoms with E-state index in [0.717, 1.165) is 16.8 Å². The Labute approximate surface area is 129 Å². The van der Waals surface area contributed by atoms with Gasteiger partial charge in [-0.2, -0.15) is 0 Å². The van der Waals surface area contributed by atoms with Gasteiger partial charge in [-0.1, -0.05) is 24.3 Å². The second kappa shape index (κ2) is 6.36. The number of hydrogen-bond donors (Lipinski definition) is 1. The summed E-state index contributed by atoms with van der Waals surface area (Å²) < 4.78 is 13.2. The van der Waals surface area contributed by atoms with Gasteiger partial charge in [0, 0.05) is 36.5 Å². The summed E-state index contributed by atoms with van der Waals surface area (Å²) >= 11 is 0. The van der Waals surface area contributed by atoms with Crippen LogP contribution in [0.2, 0.25) is 0 Å². The number of ketones is 1. The maximum absolute atomic E-state index is 13.2. The van der Waals surface area contributed by atoms with Crippen molar-refractivity contribution < 1.29 is 9.18 Å². The Morgan fingerprint density at radius 3 is 2.59 bits per heavy atom. The molecule has 22 heavy (non-hydrogen) atoms. The molecule has 1 aliphatic rings. The van der Waals surface area contributed by atoms with Gasteiger partial charge < -0.3 is 5.32 Å². The molecule has 1 aromatic heterocycles. The van der Waals surface area contributed by atoms with Gasteiger partial charge in [0.05, 0.1) is 0 Å². The van der Waals surface area contributed by atoms with Crippen LogP contribution in [-0.4, -0.2) is 29.5 Å². The highest BCUT2D eigenvalue weighted by Crippen LogP contribution is 2.16. The van der Waals surface area contributed by atoms with Crippen LogP contribution in [0.15, 0.2) is 42.6 Å². The number of rotatable bonds is 5. The molecule has 2 atom stereocenters. The van der Waals surface area contributed by atoms with Crippen molar-refractivity contribution in [2.24, 2.45) is 0 Å². The highest BCUT2D eigenvalue weighted by molar-refractivity contribution is 5.97. The van der Waals surface area contributed by atoms with Crippen molar-refractivity contribution in [3.63, 3.8) is 0 Å². The Bertz CT molecular complexity index is 669. The zero-order valence-corrected chi connectivity index (χ0v) is 12.6. The number of benzene rings is 1. The number of alkyl halides is 1. The molecule has 0 amide bonds. The standard InChI is InChI=1S/C18H19FN2O/c1-12-8-15(6-7-20-12)18(22)10-14-4-2-13(3-5-14)9-17-16(19)11-21-17/h2-8,16-17,21H,9-11H2,1H3/t16-,17-/m1/s1. The Morgan fingerprint density at radius 1 is 1.27 bits per heavy atom. The molecular weight excluding hydrogens is 279 g/mol. The van der Waals surface area contributed by atoms with Gasteiger partial charge in [-0.05, 0) is 36.6 Å². The van der Waals surface area contributed by atoms with E-state index in [1.807, 2.05) is 31.2 Å². The van der Waals surface area contributed by atoms with Crippen LogP contribution in [0.4, 0.5) is 4.39 Å². The Hall–Kier alpha value is -2.07. The van der Waals surface area contributed by atoms with Crippen LogP contribution in [-0.2, 0) is 12.8 Å². The summed E-state index contributed by atoms with van der Waals surface area (Å²) in [5.41, 5.74) is 3.60. The van der Waals surface area contributed by atoms with Gasteiger partial charge in [-0.25, -0.2) is 4.39 Å². The van der Waals surface area contributed by atoms with Gasteiger partial charge in [0.15, 0.2) is 5.78 Å². The molecule has 1 N–H and O–H groups in total. The minimum Gasteiger partial charge on any atom is -0.308 e. The topological polar surface area (TPSA) is 42.0 Å². The van der Waals surface area contributed by atoms with Gasteiger partial charge >= 0.3 is 0 Å². The Kier molecular flexibility index (Phi) is 4.29. The summed E-state index contributed by atoms with van der Waals surface area (Å²) in [6.45, 7) is 2.33. The first-order chi connectivity index (χ1) is 10.6. The quantitative estimate of drug-likeness (QED) is 0.863. The minimum absolute atomic E-state index is 0.0627. The Morgan fingerprint density at radius 2 is 2.00 bits per heavy atom. The third-order valence-corrected chi connectivity index (χ3v) is 4.07. The molecule has 1 saturated heterocycles. The van der Waals surface area contributed by atoms with Crippen LogP contribution >= 0.6 is 0 Å². The number of aromatic nitrogens is 1. The average Bonchev–Trinajstić information content (AvgIpc) is 2.52. The number of nitrogens with one attached hydrogen (secondary N) is 1. The summed E-state index contributed by atoms with van der Waals surface area (Å²) in [6.07, 6.45) is 1.98. The van der Waals surface area contributed by atoms with Crippen molar-refractivity contribution in [3.05, 3.63) is 65.0 Å². The zero-order valence-electron chi connectivity index (χ0n) is 12.6. The maximum Gasteiger partial charge on any atom is 0.167 e. The van der Waals surface area contributed by atoms with E-state index in [1.165, 1.54) is 0 Å². The van der Waals surface area contributed by atoms with E-state index in [0.29, 0.717) is 24.9 Å². The SMILES string of the molecule is Cc1cc(C(=O)Cc2ccc(C[C@H]3NC[C@H]3F)cc2)ccn1. The van der Waals surface area contributed by atoms with Crippen LogP contribution in [0.25, 0.3) is 0 Å². The van der Waals surface area contributed by atoms with E-state index in [-0.39, 0.29) is 11.8 Å². The molecule has 0 radical (unpaired) electrons. The summed E-state index contributed by atoms with van der Waals surface area (Å²) in [5.74, 6) is 0.0859. The van der Waals surface area contributed by atoms with E-state index in [4.69, 9.17) is 0 Å². The molecule has 4 heteroatoms. The van der Waals surface area contributed by atoms with Crippen LogP contribution in [0, 0.1) is 6.92 Å². The molecule has 3 nitrogen and oxygen atoms in total. The van der Waals surface area contributed by atoms with Crippen molar-refractivity contribution in [1.82, 2.24) is 10.3 Å². The first-order valence-corrected chi connectivity index (χ1v) is 7.53. The number of pyridine rings is 1. The number of nitrogens with zero attached hydrogens (tertiary/aromatic N) is 1. The molecule has 0 saturated carbocycles. The second-order valence-electron chi connectivity index (χ2n) is 5.84. The van der Waals surface area contributed by atoms with E-state index in [2.05, 4.69) is 10.3 Å². The number of halogens is 1. The number of carbonyl (C=O) groups excluding carboxylic acids is 1. The normalized spacial score (nSPS) is 20.5. The predicted octanol–water partition coefficient (Wildman–Crippen LogP) is 2.67. The fourth-order valence-electron chi connectivity index (χ4n) is 2.63. The second-order valence-corrected chi connectivity index (χ2v) is 5.84. The molecule has 2 heterocycles. The van der Waals surface area contributed by atoms with Gasteiger partial charge in [0.25, 0.3) is 0 Å². The van der Waals surface area contributed by atoms with Gasteiger partial charge in [-0.15, -0.1) is 0 Å². The van der Waals surface area contributed by atoms with Crippen molar-refractivity contribution in [2.75, 3.05) is 6.54 Å². The van der Waals surface area contributed by atoms with E-state index in [1.54, 1.807) is 18.3 Å². The molecule has 2 aromatic rings. The van der Waals surface area contributed by atoms with E-state index in [9.17, 15) is 9.18 Å². The third-order valence-electron chi connectivity index (χ3n) is 4.07. The van der Waals surface area contributed by atoms with Gasteiger partial charge in [-0.3, -0.25) is 9.78 Å². The smallest absolute Gasteiger partial charge is 0.167 e. The lowest BCUT2D eigenvalue weighted by Crippen LogP contribution is -2.55. The number of aryl methyl sites for hydroxylation is 1. The molecule has 0 spiro atoms. The summed E-state index contributed by atoms with van der Waals surface area (Å²) in [6, 6.07) is 11.3. The Balaban J connectivity index is 1.62. The maximum atomic E-state index is 13.2. The highest BCUT2D eigenvalue weighted by Gasteiger charge is 2.29. The minimum atomic E-state index is -0.740. The van der Waals surface area contributed by atoms with Crippen LogP contribution in [0.3, 0.4) is 0 Å². The number of Topliss-reactive ketones (excluding diaryl/α,β-unsaturated/α-hetero) is 1. The molecule has 0 aliphatic carbocycles. The number of carbonyl (C=O) groups is 1. The fourth-order valence-corrected chi connectivity index (χ4v) is 2.63. The average molecular weight is 298 g/mol. The van der Waals surface area contributed by atoms with Crippen LogP contribution < -0.4 is 5.32 Å². The highest BCUT2D eigenvalue weighted by atomic mass is 19.1. The molecule has 114 valence electrons. The molecule has 0 bridgehead atoms. The van der Waals surface area contributed by atoms with E-state index < -0.39 is 6.17 Å². The van der Waals surface area contributed by atoms with Crippen molar-refractivity contribution in [1.29, 1.82) is 0 Å². The van der Waals surface area contributed by atoms with Crippen molar-refractivity contribution in [3.8, 4) is 0 Å². The molecule has 0 unspecified atom stereocenters. The monoisotopic (exact) mass is 298 g/mol. The largest absolute Gasteiger partial charge is 0.308 e. The van der Waals surface area contributed by atoms with Crippen LogP contribution in [0.1, 0.15) is 27.2 Å². The first kappa shape index (κ1) is 14.9. The number of hydrogen-bond acceptors (Lipinski definition) is 3. The third kappa shape index (κ3) is 3.39. The lowest BCUT2D eigenvalue weighted by Gasteiger charge is -2.32. The fraction of sp³-hybridized carbons (Fsp3) is 0.333. The van der Waals surface area contributed by atoms with E-state index >= 15 is 0 Å². The summed E-state index contributed by atoms with van der Waals surface area (Å²) in [4.78, 5) is 16.3. The zero-order chi connectivity index (χ0) is 15.5. The molecule has 1 aliphatic heterocycles.